The SMILES string of the molecule is CN(C)CCOc1cc(Oc2ccccn2)cnc1Nc1nccs1. The monoisotopic (exact) mass is 357 g/mol. The Kier molecular flexibility index (Phi) is 5.76. The van der Waals surface area contributed by atoms with Gasteiger partial charge in [0.1, 0.15) is 6.61 Å². The second-order valence-corrected chi connectivity index (χ2v) is 6.30. The molecule has 0 bridgehead atoms. The van der Waals surface area contributed by atoms with Crippen molar-refractivity contribution in [3.8, 4) is 17.4 Å². The first kappa shape index (κ1) is 17.1. The average molecular weight is 357 g/mol. The van der Waals surface area contributed by atoms with Crippen molar-refractivity contribution in [3.63, 3.8) is 0 Å². The molecule has 0 aliphatic heterocycles. The fourth-order valence-electron chi connectivity index (χ4n) is 1.94. The third-order valence-corrected chi connectivity index (χ3v) is 3.83. The summed E-state index contributed by atoms with van der Waals surface area (Å²) in [6, 6.07) is 7.28. The molecule has 3 aromatic heterocycles. The van der Waals surface area contributed by atoms with Gasteiger partial charge in [0.25, 0.3) is 0 Å². The van der Waals surface area contributed by atoms with Gasteiger partial charge in [-0.2, -0.15) is 0 Å². The first-order chi connectivity index (χ1) is 12.2. The van der Waals surface area contributed by atoms with Crippen molar-refractivity contribution in [1.29, 1.82) is 0 Å². The van der Waals surface area contributed by atoms with E-state index in [1.807, 2.05) is 31.6 Å². The van der Waals surface area contributed by atoms with Crippen LogP contribution in [0, 0.1) is 0 Å². The number of hydrogen-bond donors (Lipinski definition) is 1. The van der Waals surface area contributed by atoms with Crippen LogP contribution in [0.4, 0.5) is 10.9 Å². The van der Waals surface area contributed by atoms with Gasteiger partial charge >= 0.3 is 0 Å². The van der Waals surface area contributed by atoms with Gasteiger partial charge in [-0.15, -0.1) is 11.3 Å². The smallest absolute Gasteiger partial charge is 0.219 e. The summed E-state index contributed by atoms with van der Waals surface area (Å²) in [6.45, 7) is 1.33. The number of anilines is 2. The van der Waals surface area contributed by atoms with E-state index in [9.17, 15) is 0 Å². The van der Waals surface area contributed by atoms with Crippen LogP contribution >= 0.6 is 11.3 Å². The second-order valence-electron chi connectivity index (χ2n) is 5.40. The highest BCUT2D eigenvalue weighted by Crippen LogP contribution is 2.31. The van der Waals surface area contributed by atoms with Crippen LogP contribution in [0.2, 0.25) is 0 Å². The molecular formula is C17H19N5O2S. The molecule has 1 N–H and O–H groups in total. The third kappa shape index (κ3) is 5.13. The lowest BCUT2D eigenvalue weighted by Crippen LogP contribution is -2.19. The molecule has 8 heteroatoms. The lowest BCUT2D eigenvalue weighted by molar-refractivity contribution is 0.261. The maximum absolute atomic E-state index is 5.88. The van der Waals surface area contributed by atoms with Gasteiger partial charge in [0.15, 0.2) is 22.4 Å². The summed E-state index contributed by atoms with van der Waals surface area (Å²) in [7, 11) is 3.99. The van der Waals surface area contributed by atoms with E-state index >= 15 is 0 Å². The average Bonchev–Trinajstić information content (AvgIpc) is 3.11. The number of aromatic nitrogens is 3. The molecule has 0 saturated carbocycles. The Morgan fingerprint density at radius 2 is 2.08 bits per heavy atom. The Morgan fingerprint density at radius 3 is 2.80 bits per heavy atom. The topological polar surface area (TPSA) is 72.4 Å². The standard InChI is InChI=1S/C17H19N5O2S/c1-22(2)8-9-23-14-11-13(24-15-5-3-4-6-18-15)12-20-16(14)21-17-19-7-10-25-17/h3-7,10-12H,8-9H2,1-2H3,(H,19,20,21). The summed E-state index contributed by atoms with van der Waals surface area (Å²) in [5, 5.41) is 5.82. The first-order valence-corrected chi connectivity index (χ1v) is 8.61. The van der Waals surface area contributed by atoms with Gasteiger partial charge in [-0.25, -0.2) is 15.0 Å². The fourth-order valence-corrected chi connectivity index (χ4v) is 2.47. The van der Waals surface area contributed by atoms with Crippen LogP contribution in [0.1, 0.15) is 0 Å². The summed E-state index contributed by atoms with van der Waals surface area (Å²) in [6.07, 6.45) is 5.04. The van der Waals surface area contributed by atoms with E-state index in [0.717, 1.165) is 11.7 Å². The maximum Gasteiger partial charge on any atom is 0.219 e. The Bertz CT molecular complexity index is 781. The minimum absolute atomic E-state index is 0.504. The molecule has 0 spiro atoms. The van der Waals surface area contributed by atoms with E-state index in [1.165, 1.54) is 11.3 Å². The highest BCUT2D eigenvalue weighted by molar-refractivity contribution is 7.13. The van der Waals surface area contributed by atoms with Crippen LogP contribution < -0.4 is 14.8 Å². The quantitative estimate of drug-likeness (QED) is 0.662. The van der Waals surface area contributed by atoms with E-state index in [-0.39, 0.29) is 0 Å². The predicted octanol–water partition coefficient (Wildman–Crippen LogP) is 3.41. The molecule has 3 rings (SSSR count). The molecule has 7 nitrogen and oxygen atoms in total. The number of pyridine rings is 2. The van der Waals surface area contributed by atoms with Gasteiger partial charge in [0.05, 0.1) is 6.20 Å². The molecule has 0 unspecified atom stereocenters. The first-order valence-electron chi connectivity index (χ1n) is 7.73. The summed E-state index contributed by atoms with van der Waals surface area (Å²) in [5.41, 5.74) is 0. The zero-order valence-corrected chi connectivity index (χ0v) is 14.9. The van der Waals surface area contributed by atoms with Gasteiger partial charge in [0, 0.05) is 36.5 Å². The molecule has 0 fully saturated rings. The Labute approximate surface area is 150 Å². The van der Waals surface area contributed by atoms with E-state index in [4.69, 9.17) is 9.47 Å². The van der Waals surface area contributed by atoms with Gasteiger partial charge in [-0.05, 0) is 20.2 Å². The molecule has 3 heterocycles. The van der Waals surface area contributed by atoms with E-state index in [1.54, 1.807) is 30.7 Å². The molecule has 0 amide bonds. The molecule has 0 atom stereocenters. The molecular weight excluding hydrogens is 338 g/mol. The minimum atomic E-state index is 0.504. The molecule has 3 aromatic rings. The molecule has 0 aromatic carbocycles. The molecule has 0 aliphatic rings. The van der Waals surface area contributed by atoms with Crippen molar-refractivity contribution >= 4 is 22.3 Å². The summed E-state index contributed by atoms with van der Waals surface area (Å²) >= 11 is 1.49. The predicted molar refractivity (Wildman–Crippen MR) is 98.0 cm³/mol. The van der Waals surface area contributed by atoms with Crippen LogP contribution in [0.15, 0.2) is 48.2 Å². The van der Waals surface area contributed by atoms with E-state index < -0.39 is 0 Å². The molecule has 0 radical (unpaired) electrons. The van der Waals surface area contributed by atoms with E-state index in [2.05, 4.69) is 25.2 Å². The summed E-state index contributed by atoms with van der Waals surface area (Å²) < 4.78 is 11.6. The van der Waals surface area contributed by atoms with Crippen molar-refractivity contribution in [3.05, 3.63) is 48.2 Å². The molecule has 130 valence electrons. The second kappa shape index (κ2) is 8.41. The Balaban J connectivity index is 1.78. The number of thiazole rings is 1. The van der Waals surface area contributed by atoms with Crippen molar-refractivity contribution < 1.29 is 9.47 Å². The van der Waals surface area contributed by atoms with Gasteiger partial charge in [-0.1, -0.05) is 6.07 Å². The van der Waals surface area contributed by atoms with Gasteiger partial charge < -0.3 is 19.7 Å². The van der Waals surface area contributed by atoms with Crippen LogP contribution in [0.5, 0.6) is 17.4 Å². The molecule has 0 aliphatic carbocycles. The van der Waals surface area contributed by atoms with Gasteiger partial charge in [0.2, 0.25) is 5.88 Å². The van der Waals surface area contributed by atoms with Crippen molar-refractivity contribution in [2.75, 3.05) is 32.6 Å². The molecule has 25 heavy (non-hydrogen) atoms. The van der Waals surface area contributed by atoms with Crippen molar-refractivity contribution in [2.24, 2.45) is 0 Å². The van der Waals surface area contributed by atoms with E-state index in [0.29, 0.717) is 29.8 Å². The van der Waals surface area contributed by atoms with Crippen molar-refractivity contribution in [2.45, 2.75) is 0 Å². The number of nitrogens with zero attached hydrogens (tertiary/aromatic N) is 4. The minimum Gasteiger partial charge on any atom is -0.488 e. The Morgan fingerprint density at radius 1 is 1.16 bits per heavy atom. The number of likely N-dealkylation sites (N-methyl/N-ethyl adjacent to an activating group) is 1. The molecule has 0 saturated heterocycles. The number of nitrogens with one attached hydrogen (secondary N) is 1. The summed E-state index contributed by atoms with van der Waals surface area (Å²) in [4.78, 5) is 14.8. The summed E-state index contributed by atoms with van der Waals surface area (Å²) in [5.74, 6) is 2.26. The Hall–Kier alpha value is -2.71. The van der Waals surface area contributed by atoms with Crippen molar-refractivity contribution in [1.82, 2.24) is 19.9 Å². The third-order valence-electron chi connectivity index (χ3n) is 3.14. The lowest BCUT2D eigenvalue weighted by Gasteiger charge is -2.15. The number of ether oxygens (including phenoxy) is 2. The van der Waals surface area contributed by atoms with Gasteiger partial charge in [-0.3, -0.25) is 0 Å². The largest absolute Gasteiger partial charge is 0.488 e. The highest BCUT2D eigenvalue weighted by atomic mass is 32.1. The number of rotatable bonds is 8. The zero-order valence-electron chi connectivity index (χ0n) is 14.0. The zero-order chi connectivity index (χ0) is 17.5. The van der Waals surface area contributed by atoms with Crippen LogP contribution in [-0.2, 0) is 0 Å². The van der Waals surface area contributed by atoms with Crippen LogP contribution in [0.25, 0.3) is 0 Å². The normalized spacial score (nSPS) is 10.7. The fraction of sp³-hybridized carbons (Fsp3) is 0.235. The number of hydrogen-bond acceptors (Lipinski definition) is 8. The lowest BCUT2D eigenvalue weighted by atomic mass is 10.4. The maximum atomic E-state index is 5.88. The van der Waals surface area contributed by atoms with Crippen LogP contribution in [0.3, 0.4) is 0 Å². The highest BCUT2D eigenvalue weighted by Gasteiger charge is 2.11. The van der Waals surface area contributed by atoms with Crippen LogP contribution in [-0.4, -0.2) is 47.1 Å².